The lowest BCUT2D eigenvalue weighted by Gasteiger charge is -2.11. The Hall–Kier alpha value is -2.76. The highest BCUT2D eigenvalue weighted by Crippen LogP contribution is 2.33. The Kier molecular flexibility index (Phi) is 5.50. The van der Waals surface area contributed by atoms with Crippen molar-refractivity contribution in [3.63, 3.8) is 0 Å². The van der Waals surface area contributed by atoms with E-state index in [1.54, 1.807) is 6.20 Å². The number of aromatic nitrogens is 1. The van der Waals surface area contributed by atoms with Gasteiger partial charge in [0.25, 0.3) is 0 Å². The van der Waals surface area contributed by atoms with Crippen LogP contribution in [0.15, 0.2) is 47.6 Å². The van der Waals surface area contributed by atoms with Crippen LogP contribution in [0.1, 0.15) is 17.7 Å². The van der Waals surface area contributed by atoms with Crippen LogP contribution in [0.3, 0.4) is 0 Å². The van der Waals surface area contributed by atoms with Crippen molar-refractivity contribution in [2.75, 3.05) is 19.8 Å². The fourth-order valence-electron chi connectivity index (χ4n) is 2.47. The number of nitrogens with zero attached hydrogens (tertiary/aromatic N) is 2. The second kappa shape index (κ2) is 8.19. The number of aliphatic imine (C=N–C) groups is 1. The maximum atomic E-state index is 5.94. The van der Waals surface area contributed by atoms with Crippen molar-refractivity contribution < 1.29 is 9.47 Å². The van der Waals surface area contributed by atoms with Gasteiger partial charge in [-0.2, -0.15) is 0 Å². The Labute approximate surface area is 141 Å². The summed E-state index contributed by atoms with van der Waals surface area (Å²) in [5.41, 5.74) is 7.94. The average Bonchev–Trinajstić information content (AvgIpc) is 2.87. The number of hydrogen-bond acceptors (Lipinski definition) is 4. The van der Waals surface area contributed by atoms with Gasteiger partial charge in [-0.25, -0.2) is 4.99 Å². The molecule has 0 atom stereocenters. The number of ether oxygens (including phenoxy) is 2. The van der Waals surface area contributed by atoms with Crippen LogP contribution >= 0.6 is 0 Å². The molecule has 2 heterocycles. The van der Waals surface area contributed by atoms with Crippen molar-refractivity contribution in [1.82, 2.24) is 10.3 Å². The zero-order valence-electron chi connectivity index (χ0n) is 13.6. The van der Waals surface area contributed by atoms with E-state index >= 15 is 0 Å². The molecule has 1 aliphatic heterocycles. The first kappa shape index (κ1) is 16.1. The van der Waals surface area contributed by atoms with E-state index in [9.17, 15) is 0 Å². The number of hydrogen-bond donors (Lipinski definition) is 2. The van der Waals surface area contributed by atoms with Crippen molar-refractivity contribution in [1.29, 1.82) is 0 Å². The molecule has 3 N–H and O–H groups in total. The molecule has 0 radical (unpaired) electrons. The Morgan fingerprint density at radius 3 is 2.96 bits per heavy atom. The minimum Gasteiger partial charge on any atom is -0.490 e. The molecule has 126 valence electrons. The van der Waals surface area contributed by atoms with Crippen LogP contribution in [-0.4, -0.2) is 30.7 Å². The number of guanidine groups is 1. The van der Waals surface area contributed by atoms with Gasteiger partial charge >= 0.3 is 0 Å². The number of fused-ring (bicyclic) bond motifs is 1. The normalized spacial score (nSPS) is 14.1. The highest BCUT2D eigenvalue weighted by molar-refractivity contribution is 5.77. The molecule has 1 aliphatic rings. The molecule has 1 aromatic heterocycles. The van der Waals surface area contributed by atoms with Gasteiger partial charge < -0.3 is 20.5 Å². The van der Waals surface area contributed by atoms with Gasteiger partial charge in [0.05, 0.1) is 19.8 Å². The van der Waals surface area contributed by atoms with E-state index in [1.807, 2.05) is 36.4 Å². The van der Waals surface area contributed by atoms with Crippen molar-refractivity contribution in [3.8, 4) is 11.5 Å². The van der Waals surface area contributed by atoms with E-state index in [0.717, 1.165) is 35.6 Å². The summed E-state index contributed by atoms with van der Waals surface area (Å²) in [6.45, 7) is 2.48. The van der Waals surface area contributed by atoms with E-state index in [0.29, 0.717) is 32.3 Å². The molecule has 1 aromatic carbocycles. The highest BCUT2D eigenvalue weighted by Gasteiger charge is 2.13. The summed E-state index contributed by atoms with van der Waals surface area (Å²) in [7, 11) is 0. The zero-order chi connectivity index (χ0) is 16.6. The number of nitrogens with two attached hydrogens (primary N) is 1. The quantitative estimate of drug-likeness (QED) is 0.648. The molecule has 24 heavy (non-hydrogen) atoms. The molecule has 0 saturated carbocycles. The Bertz CT molecular complexity index is 689. The van der Waals surface area contributed by atoms with Crippen LogP contribution in [-0.2, 0) is 13.0 Å². The van der Waals surface area contributed by atoms with Crippen LogP contribution in [0.2, 0.25) is 0 Å². The standard InChI is InChI=1S/C18H22N4O2/c19-18(21-10-8-15-6-1-2-9-20-15)22-13-14-5-3-7-16-17(14)24-12-4-11-23-16/h1-3,5-7,9H,4,8,10-13H2,(H3,19,21,22). The number of pyridine rings is 1. The van der Waals surface area contributed by atoms with Gasteiger partial charge in [-0.05, 0) is 18.2 Å². The van der Waals surface area contributed by atoms with Gasteiger partial charge in [-0.15, -0.1) is 0 Å². The molecular weight excluding hydrogens is 304 g/mol. The monoisotopic (exact) mass is 326 g/mol. The third kappa shape index (κ3) is 4.38. The molecule has 2 aromatic rings. The van der Waals surface area contributed by atoms with Crippen LogP contribution < -0.4 is 20.5 Å². The molecule has 0 fully saturated rings. The largest absolute Gasteiger partial charge is 0.490 e. The van der Waals surface area contributed by atoms with Gasteiger partial charge in [-0.1, -0.05) is 18.2 Å². The number of rotatable bonds is 5. The van der Waals surface area contributed by atoms with Crippen LogP contribution in [0, 0.1) is 0 Å². The van der Waals surface area contributed by atoms with Gasteiger partial charge in [0, 0.05) is 36.8 Å². The first-order valence-electron chi connectivity index (χ1n) is 8.14. The summed E-state index contributed by atoms with van der Waals surface area (Å²) in [4.78, 5) is 8.67. The van der Waals surface area contributed by atoms with E-state index < -0.39 is 0 Å². The van der Waals surface area contributed by atoms with Crippen LogP contribution in [0.25, 0.3) is 0 Å². The molecule has 0 aliphatic carbocycles. The second-order valence-electron chi connectivity index (χ2n) is 5.49. The molecule has 6 nitrogen and oxygen atoms in total. The lowest BCUT2D eigenvalue weighted by atomic mass is 10.2. The number of benzene rings is 1. The summed E-state index contributed by atoms with van der Waals surface area (Å²) >= 11 is 0. The van der Waals surface area contributed by atoms with Crippen molar-refractivity contribution in [2.45, 2.75) is 19.4 Å². The maximum absolute atomic E-state index is 5.94. The first-order chi connectivity index (χ1) is 11.8. The van der Waals surface area contributed by atoms with Crippen molar-refractivity contribution in [3.05, 3.63) is 53.9 Å². The third-order valence-electron chi connectivity index (χ3n) is 3.69. The smallest absolute Gasteiger partial charge is 0.188 e. The van der Waals surface area contributed by atoms with Gasteiger partial charge in [0.1, 0.15) is 0 Å². The summed E-state index contributed by atoms with van der Waals surface area (Å²) in [6, 6.07) is 11.7. The highest BCUT2D eigenvalue weighted by atomic mass is 16.5. The van der Waals surface area contributed by atoms with Gasteiger partial charge in [-0.3, -0.25) is 4.98 Å². The molecule has 0 spiro atoms. The fourth-order valence-corrected chi connectivity index (χ4v) is 2.47. The van der Waals surface area contributed by atoms with Crippen LogP contribution in [0.4, 0.5) is 0 Å². The Balaban J connectivity index is 1.55. The van der Waals surface area contributed by atoms with Gasteiger partial charge in [0.2, 0.25) is 0 Å². The summed E-state index contributed by atoms with van der Waals surface area (Å²) < 4.78 is 11.5. The minimum atomic E-state index is 0.415. The molecular formula is C18H22N4O2. The fraction of sp³-hybridized carbons (Fsp3) is 0.333. The summed E-state index contributed by atoms with van der Waals surface area (Å²) in [6.07, 6.45) is 3.47. The molecule has 0 saturated heterocycles. The second-order valence-corrected chi connectivity index (χ2v) is 5.49. The molecule has 0 bridgehead atoms. The van der Waals surface area contributed by atoms with Crippen molar-refractivity contribution in [2.24, 2.45) is 10.7 Å². The number of nitrogens with one attached hydrogen (secondary N) is 1. The SMILES string of the molecule is NC(=NCc1cccc2c1OCCCO2)NCCc1ccccn1. The van der Waals surface area contributed by atoms with E-state index in [2.05, 4.69) is 15.3 Å². The maximum Gasteiger partial charge on any atom is 0.188 e. The summed E-state index contributed by atoms with van der Waals surface area (Å²) in [5, 5.41) is 3.11. The van der Waals surface area contributed by atoms with E-state index in [-0.39, 0.29) is 0 Å². The topological polar surface area (TPSA) is 81.8 Å². The van der Waals surface area contributed by atoms with Crippen molar-refractivity contribution >= 4 is 5.96 Å². The van der Waals surface area contributed by atoms with E-state index in [4.69, 9.17) is 15.2 Å². The third-order valence-corrected chi connectivity index (χ3v) is 3.69. The first-order valence-corrected chi connectivity index (χ1v) is 8.14. The average molecular weight is 326 g/mol. The molecule has 3 rings (SSSR count). The van der Waals surface area contributed by atoms with E-state index in [1.165, 1.54) is 0 Å². The Morgan fingerprint density at radius 1 is 1.17 bits per heavy atom. The summed E-state index contributed by atoms with van der Waals surface area (Å²) in [5.74, 6) is 1.97. The predicted octanol–water partition coefficient (Wildman–Crippen LogP) is 1.89. The molecule has 0 unspecified atom stereocenters. The van der Waals surface area contributed by atoms with Gasteiger partial charge in [0.15, 0.2) is 17.5 Å². The lowest BCUT2D eigenvalue weighted by molar-refractivity contribution is 0.296. The predicted molar refractivity (Wildman–Crippen MR) is 93.3 cm³/mol. The zero-order valence-corrected chi connectivity index (χ0v) is 13.6. The minimum absolute atomic E-state index is 0.415. The molecule has 6 heteroatoms. The molecule has 0 amide bonds. The lowest BCUT2D eigenvalue weighted by Crippen LogP contribution is -2.33. The Morgan fingerprint density at radius 2 is 2.08 bits per heavy atom. The van der Waals surface area contributed by atoms with Crippen LogP contribution in [0.5, 0.6) is 11.5 Å². The number of para-hydroxylation sites is 1.